The van der Waals surface area contributed by atoms with Crippen molar-refractivity contribution in [2.24, 2.45) is 0 Å². The average Bonchev–Trinajstić information content (AvgIpc) is 2.66. The third-order valence-corrected chi connectivity index (χ3v) is 4.42. The molecule has 0 aliphatic heterocycles. The number of nitrogens with two attached hydrogens (primary N) is 1. The fourth-order valence-corrected chi connectivity index (χ4v) is 3.26. The van der Waals surface area contributed by atoms with Crippen LogP contribution in [0.1, 0.15) is 36.6 Å². The van der Waals surface area contributed by atoms with Crippen molar-refractivity contribution in [3.05, 3.63) is 41.1 Å². The third kappa shape index (κ3) is 3.62. The normalized spacial score (nSPS) is 12.8. The number of nitrogens with zero attached hydrogens (tertiary/aromatic N) is 2. The fourth-order valence-electron chi connectivity index (χ4n) is 3.26. The standard InChI is InChI=1S/C20H21N3O3/c1-2-25-18(24)12-26-14-9-7-13(8-10-14)19-15-5-3-4-6-17(15)23-20(22)16(19)11-21/h7-10H,2-6,12H2,1H3,(H2,22,23). The van der Waals surface area contributed by atoms with Crippen molar-refractivity contribution < 1.29 is 14.3 Å². The van der Waals surface area contributed by atoms with Gasteiger partial charge in [0.15, 0.2) is 6.61 Å². The van der Waals surface area contributed by atoms with Crippen LogP contribution in [0.15, 0.2) is 24.3 Å². The largest absolute Gasteiger partial charge is 0.482 e. The maximum Gasteiger partial charge on any atom is 0.344 e. The lowest BCUT2D eigenvalue weighted by Gasteiger charge is -2.21. The molecule has 0 fully saturated rings. The number of hydrogen-bond acceptors (Lipinski definition) is 6. The number of esters is 1. The number of pyridine rings is 1. The van der Waals surface area contributed by atoms with Crippen LogP contribution in [0, 0.1) is 11.3 Å². The molecule has 1 aliphatic carbocycles. The number of anilines is 1. The summed E-state index contributed by atoms with van der Waals surface area (Å²) in [6.07, 6.45) is 3.95. The van der Waals surface area contributed by atoms with Crippen LogP contribution < -0.4 is 10.5 Å². The van der Waals surface area contributed by atoms with Gasteiger partial charge < -0.3 is 15.2 Å². The first kappa shape index (κ1) is 17.7. The Morgan fingerprint density at radius 2 is 2.00 bits per heavy atom. The zero-order valence-corrected chi connectivity index (χ0v) is 14.7. The maximum atomic E-state index is 11.4. The molecule has 1 aliphatic rings. The number of aryl methyl sites for hydroxylation is 1. The fraction of sp³-hybridized carbons (Fsp3) is 0.350. The van der Waals surface area contributed by atoms with Crippen molar-refractivity contribution in [1.82, 2.24) is 4.98 Å². The van der Waals surface area contributed by atoms with Gasteiger partial charge in [0, 0.05) is 11.3 Å². The van der Waals surface area contributed by atoms with E-state index in [4.69, 9.17) is 15.2 Å². The molecule has 0 spiro atoms. The molecule has 0 atom stereocenters. The summed E-state index contributed by atoms with van der Waals surface area (Å²) >= 11 is 0. The van der Waals surface area contributed by atoms with E-state index in [9.17, 15) is 10.1 Å². The zero-order chi connectivity index (χ0) is 18.5. The van der Waals surface area contributed by atoms with Gasteiger partial charge in [0.1, 0.15) is 23.2 Å². The molecule has 0 saturated carbocycles. The molecular formula is C20H21N3O3. The highest BCUT2D eigenvalue weighted by atomic mass is 16.6. The second-order valence-corrected chi connectivity index (χ2v) is 6.11. The molecule has 0 radical (unpaired) electrons. The molecule has 3 rings (SSSR count). The number of hydrogen-bond donors (Lipinski definition) is 1. The molecule has 0 bridgehead atoms. The number of nitrogen functional groups attached to an aromatic ring is 1. The van der Waals surface area contributed by atoms with E-state index < -0.39 is 5.97 Å². The van der Waals surface area contributed by atoms with Gasteiger partial charge in [-0.05, 0) is 55.9 Å². The summed E-state index contributed by atoms with van der Waals surface area (Å²) in [5.41, 5.74) is 10.3. The second kappa shape index (κ2) is 7.87. The number of carbonyl (C=O) groups is 1. The van der Waals surface area contributed by atoms with Crippen molar-refractivity contribution in [3.8, 4) is 22.9 Å². The number of benzene rings is 1. The number of ether oxygens (including phenoxy) is 2. The van der Waals surface area contributed by atoms with Crippen LogP contribution in [-0.2, 0) is 22.4 Å². The van der Waals surface area contributed by atoms with Crippen molar-refractivity contribution in [2.75, 3.05) is 18.9 Å². The SMILES string of the molecule is CCOC(=O)COc1ccc(-c2c(C#N)c(N)nc3c2CCCC3)cc1. The number of fused-ring (bicyclic) bond motifs is 1. The highest BCUT2D eigenvalue weighted by Crippen LogP contribution is 2.36. The van der Waals surface area contributed by atoms with Crippen molar-refractivity contribution in [1.29, 1.82) is 5.26 Å². The van der Waals surface area contributed by atoms with Crippen LogP contribution >= 0.6 is 0 Å². The maximum absolute atomic E-state index is 11.4. The van der Waals surface area contributed by atoms with Gasteiger partial charge in [-0.25, -0.2) is 9.78 Å². The van der Waals surface area contributed by atoms with Crippen molar-refractivity contribution in [3.63, 3.8) is 0 Å². The Hall–Kier alpha value is -3.07. The minimum Gasteiger partial charge on any atom is -0.482 e. The van der Waals surface area contributed by atoms with Crippen LogP contribution in [0.2, 0.25) is 0 Å². The van der Waals surface area contributed by atoms with E-state index in [1.807, 2.05) is 12.1 Å². The lowest BCUT2D eigenvalue weighted by atomic mass is 9.86. The van der Waals surface area contributed by atoms with E-state index >= 15 is 0 Å². The molecular weight excluding hydrogens is 330 g/mol. The van der Waals surface area contributed by atoms with Gasteiger partial charge >= 0.3 is 5.97 Å². The Morgan fingerprint density at radius 1 is 1.27 bits per heavy atom. The summed E-state index contributed by atoms with van der Waals surface area (Å²) in [5, 5.41) is 9.57. The average molecular weight is 351 g/mol. The predicted octanol–water partition coefficient (Wildman–Crippen LogP) is 3.02. The Kier molecular flexibility index (Phi) is 5.37. The van der Waals surface area contributed by atoms with Crippen molar-refractivity contribution in [2.45, 2.75) is 32.6 Å². The minimum atomic E-state index is -0.403. The second-order valence-electron chi connectivity index (χ2n) is 6.11. The molecule has 1 aromatic carbocycles. The molecule has 0 saturated heterocycles. The summed E-state index contributed by atoms with van der Waals surface area (Å²) in [4.78, 5) is 15.8. The summed E-state index contributed by atoms with van der Waals surface area (Å²) < 4.78 is 10.3. The summed E-state index contributed by atoms with van der Waals surface area (Å²) in [6.45, 7) is 1.95. The molecule has 1 aromatic heterocycles. The van der Waals surface area contributed by atoms with E-state index in [1.54, 1.807) is 19.1 Å². The van der Waals surface area contributed by atoms with Gasteiger partial charge in [-0.1, -0.05) is 12.1 Å². The molecule has 6 nitrogen and oxygen atoms in total. The zero-order valence-electron chi connectivity index (χ0n) is 14.7. The first-order valence-corrected chi connectivity index (χ1v) is 8.74. The molecule has 26 heavy (non-hydrogen) atoms. The van der Waals surface area contributed by atoms with Crippen LogP contribution in [0.3, 0.4) is 0 Å². The third-order valence-electron chi connectivity index (χ3n) is 4.42. The Bertz CT molecular complexity index is 854. The van der Waals surface area contributed by atoms with E-state index in [0.717, 1.165) is 48.1 Å². The first-order chi connectivity index (χ1) is 12.6. The monoisotopic (exact) mass is 351 g/mol. The summed E-state index contributed by atoms with van der Waals surface area (Å²) in [6, 6.07) is 9.52. The van der Waals surface area contributed by atoms with Crippen LogP contribution in [-0.4, -0.2) is 24.2 Å². The summed E-state index contributed by atoms with van der Waals surface area (Å²) in [5.74, 6) is 0.446. The van der Waals surface area contributed by atoms with Crippen molar-refractivity contribution >= 4 is 11.8 Å². The topological polar surface area (TPSA) is 98.2 Å². The first-order valence-electron chi connectivity index (χ1n) is 8.74. The number of rotatable bonds is 5. The van der Waals surface area contributed by atoms with Gasteiger partial charge in [0.2, 0.25) is 0 Å². The quantitative estimate of drug-likeness (QED) is 0.832. The van der Waals surface area contributed by atoms with Gasteiger partial charge in [-0.3, -0.25) is 0 Å². The Balaban J connectivity index is 1.91. The van der Waals surface area contributed by atoms with Crippen LogP contribution in [0.4, 0.5) is 5.82 Å². The number of carbonyl (C=O) groups excluding carboxylic acids is 1. The summed E-state index contributed by atoms with van der Waals surface area (Å²) in [7, 11) is 0. The highest BCUT2D eigenvalue weighted by Gasteiger charge is 2.21. The molecule has 1 heterocycles. The predicted molar refractivity (Wildman–Crippen MR) is 97.6 cm³/mol. The molecule has 6 heteroatoms. The van der Waals surface area contributed by atoms with Crippen LogP contribution in [0.25, 0.3) is 11.1 Å². The lowest BCUT2D eigenvalue weighted by Crippen LogP contribution is -2.14. The van der Waals surface area contributed by atoms with Gasteiger partial charge in [0.05, 0.1) is 6.61 Å². The molecule has 0 amide bonds. The highest BCUT2D eigenvalue weighted by molar-refractivity contribution is 5.79. The molecule has 0 unspecified atom stereocenters. The van der Waals surface area contributed by atoms with Gasteiger partial charge in [-0.2, -0.15) is 5.26 Å². The lowest BCUT2D eigenvalue weighted by molar-refractivity contribution is -0.145. The van der Waals surface area contributed by atoms with E-state index in [0.29, 0.717) is 17.9 Å². The van der Waals surface area contributed by atoms with Gasteiger partial charge in [0.25, 0.3) is 0 Å². The van der Waals surface area contributed by atoms with E-state index in [2.05, 4.69) is 11.1 Å². The Morgan fingerprint density at radius 3 is 2.69 bits per heavy atom. The molecule has 134 valence electrons. The Labute approximate surface area is 152 Å². The van der Waals surface area contributed by atoms with Crippen LogP contribution in [0.5, 0.6) is 5.75 Å². The minimum absolute atomic E-state index is 0.131. The smallest absolute Gasteiger partial charge is 0.344 e. The number of nitriles is 1. The van der Waals surface area contributed by atoms with E-state index in [-0.39, 0.29) is 12.4 Å². The van der Waals surface area contributed by atoms with E-state index in [1.165, 1.54) is 0 Å². The molecule has 2 N–H and O–H groups in total. The number of aromatic nitrogens is 1. The molecule has 2 aromatic rings. The van der Waals surface area contributed by atoms with Gasteiger partial charge in [-0.15, -0.1) is 0 Å².